The second-order valence-corrected chi connectivity index (χ2v) is 7.54. The number of halogens is 1. The van der Waals surface area contributed by atoms with Crippen LogP contribution >= 0.6 is 35.2 Å². The summed E-state index contributed by atoms with van der Waals surface area (Å²) in [5.41, 5.74) is 1.79. The van der Waals surface area contributed by atoms with Gasteiger partial charge in [-0.15, -0.1) is 0 Å². The predicted octanol–water partition coefficient (Wildman–Crippen LogP) is 4.99. The van der Waals surface area contributed by atoms with Gasteiger partial charge in [-0.05, 0) is 55.7 Å². The fourth-order valence-electron chi connectivity index (χ4n) is 2.62. The van der Waals surface area contributed by atoms with Gasteiger partial charge in [0.1, 0.15) is 11.4 Å². The van der Waals surface area contributed by atoms with Crippen molar-refractivity contribution in [2.24, 2.45) is 0 Å². The Morgan fingerprint density at radius 2 is 2.23 bits per heavy atom. The van der Waals surface area contributed by atoms with Crippen molar-refractivity contribution in [2.75, 3.05) is 5.32 Å². The number of rotatable bonds is 2. The number of hydrogen-bond acceptors (Lipinski definition) is 3. The molecule has 1 atom stereocenters. The van der Waals surface area contributed by atoms with Gasteiger partial charge in [-0.25, -0.2) is 0 Å². The summed E-state index contributed by atoms with van der Waals surface area (Å²) in [5.74, 6) is 0.858. The van der Waals surface area contributed by atoms with Gasteiger partial charge >= 0.3 is 0 Å². The fourth-order valence-corrected chi connectivity index (χ4v) is 3.64. The van der Waals surface area contributed by atoms with Crippen molar-refractivity contribution in [3.8, 4) is 5.75 Å². The monoisotopic (exact) mass is 352 g/mol. The van der Waals surface area contributed by atoms with Crippen LogP contribution in [0, 0.1) is 0 Å². The van der Waals surface area contributed by atoms with Crippen molar-refractivity contribution >= 4 is 46.0 Å². The van der Waals surface area contributed by atoms with E-state index in [1.54, 1.807) is 11.3 Å². The summed E-state index contributed by atoms with van der Waals surface area (Å²) in [4.78, 5) is 0. The van der Waals surface area contributed by atoms with Crippen molar-refractivity contribution in [1.82, 2.24) is 5.32 Å². The third kappa shape index (κ3) is 3.54. The first-order valence-corrected chi connectivity index (χ1v) is 8.74. The normalized spacial score (nSPS) is 19.0. The van der Waals surface area contributed by atoms with Gasteiger partial charge in [-0.2, -0.15) is 11.3 Å². The molecule has 3 nitrogen and oxygen atoms in total. The summed E-state index contributed by atoms with van der Waals surface area (Å²) >= 11 is 13.2. The lowest BCUT2D eigenvalue weighted by Gasteiger charge is -2.38. The van der Waals surface area contributed by atoms with Crippen LogP contribution in [-0.2, 0) is 0 Å². The van der Waals surface area contributed by atoms with Crippen LogP contribution in [0.4, 0.5) is 5.69 Å². The Balaban J connectivity index is 1.80. The molecule has 1 aromatic carbocycles. The van der Waals surface area contributed by atoms with Crippen LogP contribution in [-0.4, -0.2) is 10.7 Å². The summed E-state index contributed by atoms with van der Waals surface area (Å²) in [6.07, 6.45) is 0.811. The molecule has 0 unspecified atom stereocenters. The van der Waals surface area contributed by atoms with Gasteiger partial charge in [-0.3, -0.25) is 0 Å². The highest BCUT2D eigenvalue weighted by atomic mass is 35.5. The van der Waals surface area contributed by atoms with E-state index in [-0.39, 0.29) is 11.6 Å². The number of anilines is 1. The van der Waals surface area contributed by atoms with Crippen LogP contribution < -0.4 is 15.4 Å². The number of ether oxygens (including phenoxy) is 1. The molecule has 0 amide bonds. The zero-order valence-corrected chi connectivity index (χ0v) is 14.7. The van der Waals surface area contributed by atoms with Crippen LogP contribution in [0.15, 0.2) is 35.0 Å². The van der Waals surface area contributed by atoms with E-state index in [1.165, 1.54) is 0 Å². The van der Waals surface area contributed by atoms with Crippen molar-refractivity contribution in [1.29, 1.82) is 0 Å². The highest BCUT2D eigenvalue weighted by molar-refractivity contribution is 7.80. The van der Waals surface area contributed by atoms with Crippen molar-refractivity contribution in [3.63, 3.8) is 0 Å². The Morgan fingerprint density at radius 3 is 2.95 bits per heavy atom. The molecule has 0 saturated heterocycles. The van der Waals surface area contributed by atoms with Gasteiger partial charge in [-0.1, -0.05) is 11.6 Å². The van der Waals surface area contributed by atoms with E-state index < -0.39 is 0 Å². The molecule has 0 saturated carbocycles. The van der Waals surface area contributed by atoms with E-state index in [0.29, 0.717) is 10.1 Å². The standard InChI is InChI=1S/C16H17ClN2OS2/c1-16(2)8-13(12-7-10(17)3-4-14(12)20-16)19-15(21)18-11-5-6-22-9-11/h3-7,9,13H,8H2,1-2H3,(H2,18,19,21)/t13-/m1/s1. The minimum atomic E-state index is -0.253. The number of thiocarbonyl (C=S) groups is 1. The Kier molecular flexibility index (Phi) is 4.30. The molecule has 0 aliphatic carbocycles. The van der Waals surface area contributed by atoms with E-state index in [9.17, 15) is 0 Å². The molecule has 2 aromatic rings. The molecule has 0 bridgehead atoms. The van der Waals surface area contributed by atoms with Crippen molar-refractivity contribution < 1.29 is 4.74 Å². The third-order valence-electron chi connectivity index (χ3n) is 3.51. The van der Waals surface area contributed by atoms with Gasteiger partial charge in [0.05, 0.1) is 11.7 Å². The number of benzene rings is 1. The predicted molar refractivity (Wildman–Crippen MR) is 97.2 cm³/mol. The number of fused-ring (bicyclic) bond motifs is 1. The minimum absolute atomic E-state index is 0.0658. The van der Waals surface area contributed by atoms with E-state index >= 15 is 0 Å². The van der Waals surface area contributed by atoms with E-state index in [0.717, 1.165) is 23.4 Å². The molecule has 1 aliphatic rings. The summed E-state index contributed by atoms with van der Waals surface area (Å²) in [6.45, 7) is 4.16. The summed E-state index contributed by atoms with van der Waals surface area (Å²) in [6, 6.07) is 7.77. The lowest BCUT2D eigenvalue weighted by Crippen LogP contribution is -2.42. The molecular formula is C16H17ClN2OS2. The first kappa shape index (κ1) is 15.6. The van der Waals surface area contributed by atoms with Crippen LogP contribution in [0.2, 0.25) is 5.02 Å². The zero-order valence-electron chi connectivity index (χ0n) is 12.4. The second kappa shape index (κ2) is 6.07. The Morgan fingerprint density at radius 1 is 1.41 bits per heavy atom. The first-order chi connectivity index (χ1) is 10.4. The van der Waals surface area contributed by atoms with Gasteiger partial charge < -0.3 is 15.4 Å². The lowest BCUT2D eigenvalue weighted by molar-refractivity contribution is 0.0697. The summed E-state index contributed by atoms with van der Waals surface area (Å²) < 4.78 is 6.03. The molecule has 22 heavy (non-hydrogen) atoms. The highest BCUT2D eigenvalue weighted by Gasteiger charge is 2.34. The average molecular weight is 353 g/mol. The summed E-state index contributed by atoms with van der Waals surface area (Å²) in [5, 5.41) is 11.9. The second-order valence-electron chi connectivity index (χ2n) is 5.91. The number of thiophene rings is 1. The minimum Gasteiger partial charge on any atom is -0.487 e. The molecule has 0 spiro atoms. The Bertz CT molecular complexity index is 685. The Hall–Kier alpha value is -1.30. The molecule has 1 aliphatic heterocycles. The molecule has 6 heteroatoms. The van der Waals surface area contributed by atoms with Crippen LogP contribution in [0.3, 0.4) is 0 Å². The maximum absolute atomic E-state index is 6.13. The van der Waals surface area contributed by atoms with Gasteiger partial charge in [0.25, 0.3) is 0 Å². The van der Waals surface area contributed by atoms with E-state index in [1.807, 2.05) is 35.0 Å². The SMILES string of the molecule is CC1(C)C[C@@H](NC(=S)Nc2ccsc2)c2cc(Cl)ccc2O1. The fraction of sp³-hybridized carbons (Fsp3) is 0.312. The van der Waals surface area contributed by atoms with Crippen LogP contribution in [0.1, 0.15) is 31.9 Å². The zero-order chi connectivity index (χ0) is 15.7. The lowest BCUT2D eigenvalue weighted by atomic mass is 9.90. The van der Waals surface area contributed by atoms with E-state index in [2.05, 4.69) is 24.5 Å². The van der Waals surface area contributed by atoms with Gasteiger partial charge in [0, 0.05) is 22.4 Å². The molecule has 0 fully saturated rings. The smallest absolute Gasteiger partial charge is 0.171 e. The molecular weight excluding hydrogens is 336 g/mol. The highest BCUT2D eigenvalue weighted by Crippen LogP contribution is 2.40. The third-order valence-corrected chi connectivity index (χ3v) is 4.65. The maximum Gasteiger partial charge on any atom is 0.171 e. The van der Waals surface area contributed by atoms with Gasteiger partial charge in [0.15, 0.2) is 5.11 Å². The van der Waals surface area contributed by atoms with Gasteiger partial charge in [0.2, 0.25) is 0 Å². The molecule has 2 N–H and O–H groups in total. The topological polar surface area (TPSA) is 33.3 Å². The van der Waals surface area contributed by atoms with Crippen LogP contribution in [0.25, 0.3) is 0 Å². The molecule has 3 rings (SSSR count). The van der Waals surface area contributed by atoms with Crippen molar-refractivity contribution in [2.45, 2.75) is 31.9 Å². The largest absolute Gasteiger partial charge is 0.487 e. The number of hydrogen-bond donors (Lipinski definition) is 2. The number of nitrogens with one attached hydrogen (secondary N) is 2. The summed E-state index contributed by atoms with van der Waals surface area (Å²) in [7, 11) is 0. The average Bonchev–Trinajstić information content (AvgIpc) is 2.91. The first-order valence-electron chi connectivity index (χ1n) is 7.01. The molecule has 1 aromatic heterocycles. The molecule has 0 radical (unpaired) electrons. The Labute approximate surface area is 144 Å². The maximum atomic E-state index is 6.13. The quantitative estimate of drug-likeness (QED) is 0.746. The van der Waals surface area contributed by atoms with Crippen molar-refractivity contribution in [3.05, 3.63) is 45.6 Å². The van der Waals surface area contributed by atoms with E-state index in [4.69, 9.17) is 28.6 Å². The van der Waals surface area contributed by atoms with Crippen LogP contribution in [0.5, 0.6) is 5.75 Å². The molecule has 2 heterocycles. The molecule has 116 valence electrons.